The predicted octanol–water partition coefficient (Wildman–Crippen LogP) is 4.10. The van der Waals surface area contributed by atoms with Gasteiger partial charge in [-0.2, -0.15) is 0 Å². The van der Waals surface area contributed by atoms with Crippen LogP contribution in [0.4, 0.5) is 0 Å². The van der Waals surface area contributed by atoms with Gasteiger partial charge in [0.1, 0.15) is 11.3 Å². The second kappa shape index (κ2) is 6.60. The number of hydrogen-bond acceptors (Lipinski definition) is 4. The number of carbonyl (C=O) groups is 1. The van der Waals surface area contributed by atoms with Crippen molar-refractivity contribution < 1.29 is 15.0 Å². The third-order valence-electron chi connectivity index (χ3n) is 5.31. The average Bonchev–Trinajstić information content (AvgIpc) is 3.15. The maximum Gasteiger partial charge on any atom is 0.339 e. The molecule has 0 bridgehead atoms. The maximum absolute atomic E-state index is 11.6. The van der Waals surface area contributed by atoms with Crippen molar-refractivity contribution in [1.29, 1.82) is 0 Å². The Bertz CT molecular complexity index is 1250. The largest absolute Gasteiger partial charge is 0.507 e. The number of carboxylic acid groups (broad SMARTS) is 1. The Morgan fingerprint density at radius 3 is 2.52 bits per heavy atom. The molecule has 0 unspecified atom stereocenters. The van der Waals surface area contributed by atoms with Gasteiger partial charge >= 0.3 is 5.97 Å². The molecule has 6 heteroatoms. The molecule has 0 aliphatic heterocycles. The molecular formula is C23H17N3O3. The standard InChI is InChI=1S/C23H17N3O3/c27-21-9-7-15(12-18(21)23(28)29)26-19-8-6-14-4-1-2-5-16(14)17(19)13-20(26)22-24-10-3-11-25-22/h1-5,7,9-13,27H,6,8H2,(H,28,29). The zero-order chi connectivity index (χ0) is 20.0. The molecule has 5 rings (SSSR count). The SMILES string of the molecule is O=C(O)c1cc(-n2c(-c3ncccn3)cc3c2CCc2ccccc2-3)ccc1O. The summed E-state index contributed by atoms with van der Waals surface area (Å²) in [5, 5.41) is 19.4. The number of nitrogens with zero attached hydrogens (tertiary/aromatic N) is 3. The van der Waals surface area contributed by atoms with E-state index in [-0.39, 0.29) is 11.3 Å². The zero-order valence-electron chi connectivity index (χ0n) is 15.4. The van der Waals surface area contributed by atoms with Crippen LogP contribution >= 0.6 is 0 Å². The Morgan fingerprint density at radius 1 is 0.931 bits per heavy atom. The van der Waals surface area contributed by atoms with Crippen molar-refractivity contribution in [2.75, 3.05) is 0 Å². The molecule has 2 N–H and O–H groups in total. The fraction of sp³-hybridized carbons (Fsp3) is 0.0870. The number of aryl methyl sites for hydroxylation is 1. The fourth-order valence-corrected chi connectivity index (χ4v) is 4.01. The quantitative estimate of drug-likeness (QED) is 0.556. The number of rotatable bonds is 3. The monoisotopic (exact) mass is 383 g/mol. The zero-order valence-corrected chi connectivity index (χ0v) is 15.4. The van der Waals surface area contributed by atoms with Crippen molar-refractivity contribution in [1.82, 2.24) is 14.5 Å². The van der Waals surface area contributed by atoms with Crippen molar-refractivity contribution >= 4 is 5.97 Å². The Morgan fingerprint density at radius 2 is 1.72 bits per heavy atom. The minimum Gasteiger partial charge on any atom is -0.507 e. The minimum absolute atomic E-state index is 0.138. The van der Waals surface area contributed by atoms with Crippen LogP contribution in [0.5, 0.6) is 5.75 Å². The normalized spacial score (nSPS) is 12.3. The smallest absolute Gasteiger partial charge is 0.339 e. The van der Waals surface area contributed by atoms with Gasteiger partial charge < -0.3 is 14.8 Å². The maximum atomic E-state index is 11.6. The first kappa shape index (κ1) is 17.2. The van der Waals surface area contributed by atoms with Gasteiger partial charge in [-0.25, -0.2) is 14.8 Å². The topological polar surface area (TPSA) is 88.2 Å². The van der Waals surface area contributed by atoms with E-state index >= 15 is 0 Å². The molecule has 0 saturated carbocycles. The van der Waals surface area contributed by atoms with Gasteiger partial charge in [-0.15, -0.1) is 0 Å². The summed E-state index contributed by atoms with van der Waals surface area (Å²) in [5.74, 6) is -0.873. The molecule has 2 heterocycles. The van der Waals surface area contributed by atoms with Gasteiger partial charge in [0.05, 0.1) is 5.69 Å². The number of carboxylic acids is 1. The van der Waals surface area contributed by atoms with E-state index in [0.29, 0.717) is 11.5 Å². The number of aromatic carboxylic acids is 1. The highest BCUT2D eigenvalue weighted by molar-refractivity contribution is 5.91. The van der Waals surface area contributed by atoms with Crippen LogP contribution in [0.15, 0.2) is 67.0 Å². The van der Waals surface area contributed by atoms with E-state index in [9.17, 15) is 15.0 Å². The van der Waals surface area contributed by atoms with Crippen molar-refractivity contribution in [3.05, 3.63) is 83.8 Å². The molecule has 2 aromatic carbocycles. The third-order valence-corrected chi connectivity index (χ3v) is 5.31. The van der Waals surface area contributed by atoms with Gasteiger partial charge in [0.2, 0.25) is 0 Å². The molecule has 0 saturated heterocycles. The molecular weight excluding hydrogens is 366 g/mol. The highest BCUT2D eigenvalue weighted by Gasteiger charge is 2.25. The molecule has 1 aliphatic rings. The van der Waals surface area contributed by atoms with Crippen LogP contribution in [-0.4, -0.2) is 30.7 Å². The number of phenols is 1. The lowest BCUT2D eigenvalue weighted by atomic mass is 9.90. The van der Waals surface area contributed by atoms with Crippen LogP contribution < -0.4 is 0 Å². The van der Waals surface area contributed by atoms with Crippen LogP contribution in [0.2, 0.25) is 0 Å². The summed E-state index contributed by atoms with van der Waals surface area (Å²) in [6, 6.07) is 16.8. The Labute approximate surface area is 166 Å². The number of aromatic nitrogens is 3. The lowest BCUT2D eigenvalue weighted by molar-refractivity contribution is 0.0693. The molecule has 4 aromatic rings. The second-order valence-electron chi connectivity index (χ2n) is 6.96. The summed E-state index contributed by atoms with van der Waals surface area (Å²) in [4.78, 5) is 20.4. The first-order chi connectivity index (χ1) is 14.1. The Balaban J connectivity index is 1.81. The molecule has 1 aliphatic carbocycles. The highest BCUT2D eigenvalue weighted by atomic mass is 16.4. The van der Waals surface area contributed by atoms with Gasteiger partial charge in [-0.05, 0) is 54.3 Å². The summed E-state index contributed by atoms with van der Waals surface area (Å²) in [6.07, 6.45) is 5.08. The van der Waals surface area contributed by atoms with Crippen LogP contribution in [0.1, 0.15) is 21.6 Å². The number of aromatic hydroxyl groups is 1. The first-order valence-electron chi connectivity index (χ1n) is 9.30. The minimum atomic E-state index is -1.17. The van der Waals surface area contributed by atoms with Gasteiger partial charge in [0.25, 0.3) is 0 Å². The average molecular weight is 383 g/mol. The molecule has 0 fully saturated rings. The van der Waals surface area contributed by atoms with E-state index in [0.717, 1.165) is 29.8 Å². The van der Waals surface area contributed by atoms with Crippen LogP contribution in [0.3, 0.4) is 0 Å². The highest BCUT2D eigenvalue weighted by Crippen LogP contribution is 2.40. The number of fused-ring (bicyclic) bond motifs is 3. The molecule has 6 nitrogen and oxygen atoms in total. The molecule has 29 heavy (non-hydrogen) atoms. The van der Waals surface area contributed by atoms with E-state index in [4.69, 9.17) is 0 Å². The van der Waals surface area contributed by atoms with Gasteiger partial charge in [-0.1, -0.05) is 24.3 Å². The summed E-state index contributed by atoms with van der Waals surface area (Å²) in [7, 11) is 0. The van der Waals surface area contributed by atoms with Crippen molar-refractivity contribution in [2.24, 2.45) is 0 Å². The van der Waals surface area contributed by atoms with Crippen LogP contribution in [0.25, 0.3) is 28.3 Å². The first-order valence-corrected chi connectivity index (χ1v) is 9.30. The van der Waals surface area contributed by atoms with Gasteiger partial charge in [-0.3, -0.25) is 0 Å². The molecule has 2 aromatic heterocycles. The molecule has 142 valence electrons. The Kier molecular flexibility index (Phi) is 3.91. The van der Waals surface area contributed by atoms with E-state index in [1.165, 1.54) is 23.3 Å². The van der Waals surface area contributed by atoms with Gasteiger partial charge in [0.15, 0.2) is 5.82 Å². The summed E-state index contributed by atoms with van der Waals surface area (Å²) >= 11 is 0. The molecule has 0 spiro atoms. The molecule has 0 atom stereocenters. The lowest BCUT2D eigenvalue weighted by Crippen LogP contribution is -2.10. The fourth-order valence-electron chi connectivity index (χ4n) is 4.01. The lowest BCUT2D eigenvalue weighted by Gasteiger charge is -2.20. The van der Waals surface area contributed by atoms with Gasteiger partial charge in [0, 0.05) is 29.3 Å². The molecule has 0 amide bonds. The van der Waals surface area contributed by atoms with Crippen molar-refractivity contribution in [2.45, 2.75) is 12.8 Å². The van der Waals surface area contributed by atoms with Crippen molar-refractivity contribution in [3.8, 4) is 34.1 Å². The second-order valence-corrected chi connectivity index (χ2v) is 6.96. The van der Waals surface area contributed by atoms with Crippen molar-refractivity contribution in [3.63, 3.8) is 0 Å². The van der Waals surface area contributed by atoms with Crippen LogP contribution in [-0.2, 0) is 12.8 Å². The Hall–Kier alpha value is -3.93. The van der Waals surface area contributed by atoms with Crippen LogP contribution in [0, 0.1) is 0 Å². The van der Waals surface area contributed by atoms with E-state index in [1.807, 2.05) is 16.7 Å². The summed E-state index contributed by atoms with van der Waals surface area (Å²) < 4.78 is 2.01. The van der Waals surface area contributed by atoms with E-state index < -0.39 is 5.97 Å². The predicted molar refractivity (Wildman–Crippen MR) is 108 cm³/mol. The summed E-state index contributed by atoms with van der Waals surface area (Å²) in [6.45, 7) is 0. The number of benzene rings is 2. The third kappa shape index (κ3) is 2.77. The van der Waals surface area contributed by atoms with E-state index in [2.05, 4.69) is 28.2 Å². The van der Waals surface area contributed by atoms with E-state index in [1.54, 1.807) is 24.5 Å². The number of hydrogen-bond donors (Lipinski definition) is 2. The summed E-state index contributed by atoms with van der Waals surface area (Å²) in [5.41, 5.74) is 5.93. The molecule has 0 radical (unpaired) electrons.